The molecule has 0 heterocycles. The molecule has 0 aromatic carbocycles. The molecule has 1 unspecified atom stereocenters. The number of rotatable bonds is 4. The molecule has 1 aliphatic rings. The first kappa shape index (κ1) is 9.81. The Hall–Kier alpha value is -1.28. The van der Waals surface area contributed by atoms with E-state index in [4.69, 9.17) is 5.53 Å². The van der Waals surface area contributed by atoms with Gasteiger partial charge in [0.15, 0.2) is 0 Å². The molecule has 1 fully saturated rings. The molecule has 0 saturated heterocycles. The first-order chi connectivity index (χ1) is 6.22. The summed E-state index contributed by atoms with van der Waals surface area (Å²) < 4.78 is 0. The molecule has 0 radical (unpaired) electrons. The highest BCUT2D eigenvalue weighted by atomic mass is 16.1. The third-order valence-electron chi connectivity index (χ3n) is 2.35. The lowest BCUT2D eigenvalue weighted by Crippen LogP contribution is -2.04. The second kappa shape index (κ2) is 4.67. The average Bonchev–Trinajstić information content (AvgIpc) is 2.49. The van der Waals surface area contributed by atoms with E-state index < -0.39 is 0 Å². The van der Waals surface area contributed by atoms with E-state index in [1.807, 2.05) is 0 Å². The molecule has 1 saturated carbocycles. The third-order valence-corrected chi connectivity index (χ3v) is 2.35. The van der Waals surface area contributed by atoms with E-state index in [2.05, 4.69) is 4.79 Å². The van der Waals surface area contributed by atoms with Gasteiger partial charge in [0, 0.05) is 19.3 Å². The van der Waals surface area contributed by atoms with Crippen LogP contribution in [0.1, 0.15) is 32.1 Å². The van der Waals surface area contributed by atoms with Crippen LogP contribution in [0.15, 0.2) is 0 Å². The molecular formula is C9H12N2O2. The summed E-state index contributed by atoms with van der Waals surface area (Å²) >= 11 is 0. The maximum absolute atomic E-state index is 10.9. The lowest BCUT2D eigenvalue weighted by Gasteiger charge is -2.03. The molecule has 0 amide bonds. The highest BCUT2D eigenvalue weighted by Gasteiger charge is 2.22. The van der Waals surface area contributed by atoms with Crippen molar-refractivity contribution in [3.63, 3.8) is 0 Å². The van der Waals surface area contributed by atoms with Gasteiger partial charge in [-0.3, -0.25) is 9.59 Å². The normalized spacial score (nSPS) is 21.2. The first-order valence-electron chi connectivity index (χ1n) is 4.44. The van der Waals surface area contributed by atoms with Crippen molar-refractivity contribution in [3.8, 4) is 0 Å². The van der Waals surface area contributed by atoms with Gasteiger partial charge in [0.05, 0.1) is 0 Å². The number of nitrogens with zero attached hydrogens (tertiary/aromatic N) is 2. The van der Waals surface area contributed by atoms with Crippen molar-refractivity contribution >= 4 is 17.8 Å². The highest BCUT2D eigenvalue weighted by Crippen LogP contribution is 2.25. The Morgan fingerprint density at radius 2 is 2.46 bits per heavy atom. The Morgan fingerprint density at radius 1 is 1.69 bits per heavy atom. The summed E-state index contributed by atoms with van der Waals surface area (Å²) in [5.41, 5.74) is 8.07. The fourth-order valence-corrected chi connectivity index (χ4v) is 1.61. The Morgan fingerprint density at radius 3 is 3.00 bits per heavy atom. The Balaban J connectivity index is 2.23. The molecular weight excluding hydrogens is 168 g/mol. The topological polar surface area (TPSA) is 70.5 Å². The van der Waals surface area contributed by atoms with Gasteiger partial charge in [-0.25, -0.2) is 0 Å². The van der Waals surface area contributed by atoms with E-state index in [9.17, 15) is 9.59 Å². The average molecular weight is 180 g/mol. The summed E-state index contributed by atoms with van der Waals surface area (Å²) in [6.45, 7) is 0. The summed E-state index contributed by atoms with van der Waals surface area (Å²) in [6.07, 6.45) is 4.20. The predicted octanol–water partition coefficient (Wildman–Crippen LogP) is 1.01. The molecule has 0 aromatic heterocycles. The Bertz CT molecular complexity index is 267. The van der Waals surface area contributed by atoms with E-state index >= 15 is 0 Å². The van der Waals surface area contributed by atoms with Gasteiger partial charge >= 0.3 is 6.21 Å². The van der Waals surface area contributed by atoms with Gasteiger partial charge in [0.1, 0.15) is 5.78 Å². The lowest BCUT2D eigenvalue weighted by molar-refractivity contribution is -0.118. The summed E-state index contributed by atoms with van der Waals surface area (Å²) in [4.78, 5) is 24.4. The minimum Gasteiger partial charge on any atom is -0.361 e. The fourth-order valence-electron chi connectivity index (χ4n) is 1.61. The summed E-state index contributed by atoms with van der Waals surface area (Å²) in [5, 5.41) is 0. The largest absolute Gasteiger partial charge is 0.361 e. The zero-order valence-electron chi connectivity index (χ0n) is 7.40. The molecule has 4 heteroatoms. The minimum absolute atomic E-state index is 0.179. The van der Waals surface area contributed by atoms with Crippen LogP contribution in [0.25, 0.3) is 5.53 Å². The predicted molar refractivity (Wildman–Crippen MR) is 46.3 cm³/mol. The first-order valence-corrected chi connectivity index (χ1v) is 4.44. The van der Waals surface area contributed by atoms with Gasteiger partial charge in [-0.2, -0.15) is 4.79 Å². The number of Topliss-reactive ketones (excluding diaryl/α,β-unsaturated/α-hetero) is 2. The van der Waals surface area contributed by atoms with E-state index in [1.54, 1.807) is 0 Å². The van der Waals surface area contributed by atoms with Crippen LogP contribution in [-0.4, -0.2) is 22.6 Å². The van der Waals surface area contributed by atoms with Gasteiger partial charge in [-0.15, -0.1) is 0 Å². The van der Waals surface area contributed by atoms with Crippen molar-refractivity contribution in [1.82, 2.24) is 0 Å². The summed E-state index contributed by atoms with van der Waals surface area (Å²) in [5.74, 6) is 0.485. The Labute approximate surface area is 76.6 Å². The van der Waals surface area contributed by atoms with Crippen LogP contribution in [0.2, 0.25) is 0 Å². The second-order valence-corrected chi connectivity index (χ2v) is 3.40. The summed E-state index contributed by atoms with van der Waals surface area (Å²) in [7, 11) is 0. The Kier molecular flexibility index (Phi) is 3.53. The van der Waals surface area contributed by atoms with Crippen molar-refractivity contribution in [2.24, 2.45) is 5.92 Å². The number of hydrogen-bond acceptors (Lipinski definition) is 2. The van der Waals surface area contributed by atoms with Crippen molar-refractivity contribution in [1.29, 1.82) is 0 Å². The highest BCUT2D eigenvalue weighted by molar-refractivity contribution is 6.25. The number of carbonyl (C=O) groups excluding carboxylic acids is 2. The zero-order valence-corrected chi connectivity index (χ0v) is 7.40. The SMILES string of the molecule is [N-]=[N+]=CC(=O)CCC1CCC(=O)C1. The molecule has 1 atom stereocenters. The minimum atomic E-state index is -0.179. The molecule has 4 nitrogen and oxygen atoms in total. The van der Waals surface area contributed by atoms with Gasteiger partial charge in [-0.1, -0.05) is 0 Å². The third kappa shape index (κ3) is 3.30. The quantitative estimate of drug-likeness (QED) is 0.368. The van der Waals surface area contributed by atoms with Crippen molar-refractivity contribution < 1.29 is 14.4 Å². The number of hydrogen-bond donors (Lipinski definition) is 0. The van der Waals surface area contributed by atoms with E-state index in [0.717, 1.165) is 19.1 Å². The second-order valence-electron chi connectivity index (χ2n) is 3.40. The zero-order chi connectivity index (χ0) is 9.68. The maximum atomic E-state index is 10.9. The van der Waals surface area contributed by atoms with Gasteiger partial charge in [-0.05, 0) is 18.8 Å². The van der Waals surface area contributed by atoms with Crippen LogP contribution in [0, 0.1) is 5.92 Å². The van der Waals surface area contributed by atoms with Crippen LogP contribution in [0.4, 0.5) is 0 Å². The van der Waals surface area contributed by atoms with Gasteiger partial charge < -0.3 is 5.53 Å². The van der Waals surface area contributed by atoms with Crippen molar-refractivity contribution in [2.45, 2.75) is 32.1 Å². The van der Waals surface area contributed by atoms with Crippen LogP contribution < -0.4 is 0 Å². The molecule has 0 N–H and O–H groups in total. The molecule has 0 bridgehead atoms. The molecule has 0 aliphatic heterocycles. The molecule has 0 spiro atoms. The van der Waals surface area contributed by atoms with Crippen LogP contribution >= 0.6 is 0 Å². The molecule has 1 aliphatic carbocycles. The van der Waals surface area contributed by atoms with Gasteiger partial charge in [0.2, 0.25) is 5.78 Å². The maximum Gasteiger partial charge on any atom is 0.323 e. The lowest BCUT2D eigenvalue weighted by atomic mass is 10.0. The fraction of sp³-hybridized carbons (Fsp3) is 0.667. The monoisotopic (exact) mass is 180 g/mol. The summed E-state index contributed by atoms with van der Waals surface area (Å²) in [6, 6.07) is 0. The van der Waals surface area contributed by atoms with Crippen LogP contribution in [0.3, 0.4) is 0 Å². The molecule has 13 heavy (non-hydrogen) atoms. The van der Waals surface area contributed by atoms with Crippen LogP contribution in [0.5, 0.6) is 0 Å². The standard InChI is InChI=1S/C9H12N2O2/c10-11-6-9(13)4-2-7-1-3-8(12)5-7/h6-7H,1-5H2. The number of carbonyl (C=O) groups is 2. The van der Waals surface area contributed by atoms with E-state index in [0.29, 0.717) is 31.0 Å². The van der Waals surface area contributed by atoms with Crippen molar-refractivity contribution in [3.05, 3.63) is 5.53 Å². The van der Waals surface area contributed by atoms with E-state index in [-0.39, 0.29) is 5.78 Å². The van der Waals surface area contributed by atoms with Crippen LogP contribution in [-0.2, 0) is 9.59 Å². The number of ketones is 2. The molecule has 70 valence electrons. The smallest absolute Gasteiger partial charge is 0.323 e. The van der Waals surface area contributed by atoms with Gasteiger partial charge in [0.25, 0.3) is 0 Å². The molecule has 0 aromatic rings. The molecule has 1 rings (SSSR count). The van der Waals surface area contributed by atoms with E-state index in [1.165, 1.54) is 0 Å². The van der Waals surface area contributed by atoms with Crippen molar-refractivity contribution in [2.75, 3.05) is 0 Å².